The van der Waals surface area contributed by atoms with Crippen molar-refractivity contribution in [2.75, 3.05) is 6.61 Å². The van der Waals surface area contributed by atoms with E-state index in [-0.39, 0.29) is 13.0 Å². The van der Waals surface area contributed by atoms with Gasteiger partial charge in [-0.1, -0.05) is 36.4 Å². The van der Waals surface area contributed by atoms with Crippen molar-refractivity contribution < 1.29 is 33.7 Å². The van der Waals surface area contributed by atoms with Crippen LogP contribution in [0.25, 0.3) is 0 Å². The normalized spacial score (nSPS) is 23.3. The monoisotopic (exact) mass is 413 g/mol. The van der Waals surface area contributed by atoms with E-state index in [1.165, 1.54) is 6.92 Å². The topological polar surface area (TPSA) is 111 Å². The van der Waals surface area contributed by atoms with Gasteiger partial charge in [0, 0.05) is 13.3 Å². The molecule has 1 heterocycles. The highest BCUT2D eigenvalue weighted by Gasteiger charge is 2.41. The number of hydrogen-bond acceptors (Lipinski definition) is 7. The molecule has 158 valence electrons. The molecule has 1 aliphatic heterocycles. The van der Waals surface area contributed by atoms with Crippen LogP contribution >= 0.6 is 0 Å². The number of benzene rings is 2. The zero-order valence-electron chi connectivity index (χ0n) is 16.4. The molecule has 0 aromatic heterocycles. The molecule has 30 heavy (non-hydrogen) atoms. The van der Waals surface area contributed by atoms with Crippen molar-refractivity contribution in [3.05, 3.63) is 71.8 Å². The van der Waals surface area contributed by atoms with E-state index in [2.05, 4.69) is 5.32 Å². The lowest BCUT2D eigenvalue weighted by molar-refractivity contribution is -0.214. The van der Waals surface area contributed by atoms with E-state index in [9.17, 15) is 19.5 Å². The zero-order valence-corrected chi connectivity index (χ0v) is 16.4. The van der Waals surface area contributed by atoms with E-state index in [1.807, 2.05) is 0 Å². The lowest BCUT2D eigenvalue weighted by Gasteiger charge is -2.38. The second-order valence-corrected chi connectivity index (χ2v) is 6.88. The molecule has 8 heteroatoms. The largest absolute Gasteiger partial charge is 0.459 e. The third-order valence-electron chi connectivity index (χ3n) is 4.58. The molecule has 0 aliphatic carbocycles. The third-order valence-corrected chi connectivity index (χ3v) is 4.58. The van der Waals surface area contributed by atoms with E-state index in [1.54, 1.807) is 60.7 Å². The first-order valence-electron chi connectivity index (χ1n) is 9.53. The minimum atomic E-state index is -1.43. The standard InChI is InChI=1S/C22H23NO7/c1-14(24)23-19-18(30-21(26)16-10-6-3-7-11-16)12-17(29-22(19)27)13-28-20(25)15-8-4-2-5-9-15/h2-11,17-19,22,27H,12-13H2,1H3,(H,23,24)/t17-,18-,19+,22-/m0/s1. The Hall–Kier alpha value is -3.23. The molecule has 1 saturated heterocycles. The molecule has 1 amide bonds. The highest BCUT2D eigenvalue weighted by atomic mass is 16.6. The van der Waals surface area contributed by atoms with Crippen molar-refractivity contribution in [3.63, 3.8) is 0 Å². The number of rotatable bonds is 6. The number of ether oxygens (including phenoxy) is 3. The maximum atomic E-state index is 12.5. The number of esters is 2. The summed E-state index contributed by atoms with van der Waals surface area (Å²) in [5, 5.41) is 12.9. The van der Waals surface area contributed by atoms with Gasteiger partial charge in [0.05, 0.1) is 17.2 Å². The minimum absolute atomic E-state index is 0.128. The number of carbonyl (C=O) groups excluding carboxylic acids is 3. The Kier molecular flexibility index (Phi) is 7.16. The number of aliphatic hydroxyl groups is 1. The second-order valence-electron chi connectivity index (χ2n) is 6.88. The van der Waals surface area contributed by atoms with Gasteiger partial charge in [-0.05, 0) is 24.3 Å². The molecule has 1 aliphatic rings. The first kappa shape index (κ1) is 21.5. The summed E-state index contributed by atoms with van der Waals surface area (Å²) in [5.74, 6) is -1.53. The highest BCUT2D eigenvalue weighted by molar-refractivity contribution is 5.90. The quantitative estimate of drug-likeness (QED) is 0.693. The van der Waals surface area contributed by atoms with Crippen molar-refractivity contribution in [1.29, 1.82) is 0 Å². The van der Waals surface area contributed by atoms with Gasteiger partial charge < -0.3 is 24.6 Å². The Morgan fingerprint density at radius 1 is 1.00 bits per heavy atom. The number of carbonyl (C=O) groups is 3. The smallest absolute Gasteiger partial charge is 0.338 e. The Morgan fingerprint density at radius 2 is 1.57 bits per heavy atom. The predicted molar refractivity (Wildman–Crippen MR) is 105 cm³/mol. The summed E-state index contributed by atoms with van der Waals surface area (Å²) in [5.41, 5.74) is 0.726. The lowest BCUT2D eigenvalue weighted by atomic mass is 9.99. The van der Waals surface area contributed by atoms with Crippen molar-refractivity contribution in [2.45, 2.75) is 37.9 Å². The zero-order chi connectivity index (χ0) is 21.5. The fourth-order valence-corrected chi connectivity index (χ4v) is 3.16. The SMILES string of the molecule is CC(=O)N[C@@H]1[C@@H](OC(=O)c2ccccc2)C[C@@H](COC(=O)c2ccccc2)O[C@@H]1O. The van der Waals surface area contributed by atoms with Gasteiger partial charge in [-0.3, -0.25) is 4.79 Å². The Bertz CT molecular complexity index is 872. The Balaban J connectivity index is 1.66. The predicted octanol–water partition coefficient (Wildman–Crippen LogP) is 1.68. The maximum absolute atomic E-state index is 12.5. The van der Waals surface area contributed by atoms with Crippen molar-refractivity contribution >= 4 is 17.8 Å². The molecule has 4 atom stereocenters. The van der Waals surface area contributed by atoms with Crippen LogP contribution in [0.5, 0.6) is 0 Å². The van der Waals surface area contributed by atoms with Crippen LogP contribution in [0.4, 0.5) is 0 Å². The van der Waals surface area contributed by atoms with Gasteiger partial charge in [0.25, 0.3) is 0 Å². The number of hydrogen-bond donors (Lipinski definition) is 2. The number of nitrogens with one attached hydrogen (secondary N) is 1. The van der Waals surface area contributed by atoms with Gasteiger partial charge >= 0.3 is 11.9 Å². The van der Waals surface area contributed by atoms with E-state index >= 15 is 0 Å². The van der Waals surface area contributed by atoms with Crippen molar-refractivity contribution in [3.8, 4) is 0 Å². The first-order valence-corrected chi connectivity index (χ1v) is 9.53. The van der Waals surface area contributed by atoms with Crippen LogP contribution in [0, 0.1) is 0 Å². The molecular formula is C22H23NO7. The summed E-state index contributed by atoms with van der Waals surface area (Å²) in [6.07, 6.45) is -2.89. The lowest BCUT2D eigenvalue weighted by Crippen LogP contribution is -2.58. The van der Waals surface area contributed by atoms with E-state index in [4.69, 9.17) is 14.2 Å². The maximum Gasteiger partial charge on any atom is 0.338 e. The molecule has 0 bridgehead atoms. The van der Waals surface area contributed by atoms with Crippen LogP contribution in [0.15, 0.2) is 60.7 Å². The summed E-state index contributed by atoms with van der Waals surface area (Å²) in [4.78, 5) is 36.1. The Labute approximate surface area is 173 Å². The fourth-order valence-electron chi connectivity index (χ4n) is 3.16. The molecule has 0 spiro atoms. The third kappa shape index (κ3) is 5.65. The number of aliphatic hydroxyl groups excluding tert-OH is 1. The van der Waals surface area contributed by atoms with Gasteiger partial charge in [-0.2, -0.15) is 0 Å². The van der Waals surface area contributed by atoms with Gasteiger partial charge in [0.1, 0.15) is 18.8 Å². The average molecular weight is 413 g/mol. The van der Waals surface area contributed by atoms with Gasteiger partial charge in [-0.15, -0.1) is 0 Å². The van der Waals surface area contributed by atoms with E-state index in [0.29, 0.717) is 11.1 Å². The molecule has 2 aromatic rings. The van der Waals surface area contributed by atoms with Crippen molar-refractivity contribution in [2.24, 2.45) is 0 Å². The summed E-state index contributed by atoms with van der Waals surface area (Å²) in [6.45, 7) is 1.15. The summed E-state index contributed by atoms with van der Waals surface area (Å²) < 4.78 is 16.3. The molecule has 1 fully saturated rings. The van der Waals surface area contributed by atoms with Gasteiger partial charge in [-0.25, -0.2) is 9.59 Å². The molecule has 2 aromatic carbocycles. The molecule has 0 unspecified atom stereocenters. The number of amides is 1. The molecule has 0 saturated carbocycles. The summed E-state index contributed by atoms with van der Waals surface area (Å²) in [6, 6.07) is 15.9. The molecule has 8 nitrogen and oxygen atoms in total. The van der Waals surface area contributed by atoms with Gasteiger partial charge in [0.2, 0.25) is 5.91 Å². The molecule has 3 rings (SSSR count). The average Bonchev–Trinajstić information content (AvgIpc) is 2.75. The van der Waals surface area contributed by atoms with E-state index < -0.39 is 42.4 Å². The van der Waals surface area contributed by atoms with Crippen LogP contribution in [-0.2, 0) is 19.0 Å². The highest BCUT2D eigenvalue weighted by Crippen LogP contribution is 2.23. The van der Waals surface area contributed by atoms with Crippen molar-refractivity contribution in [1.82, 2.24) is 5.32 Å². The van der Waals surface area contributed by atoms with Crippen LogP contribution in [0.3, 0.4) is 0 Å². The molecule has 2 N–H and O–H groups in total. The van der Waals surface area contributed by atoms with Crippen LogP contribution in [0.2, 0.25) is 0 Å². The molecular weight excluding hydrogens is 390 g/mol. The second kappa shape index (κ2) is 10.00. The summed E-state index contributed by atoms with van der Waals surface area (Å²) in [7, 11) is 0. The minimum Gasteiger partial charge on any atom is -0.459 e. The molecule has 0 radical (unpaired) electrons. The van der Waals surface area contributed by atoms with Crippen LogP contribution in [0.1, 0.15) is 34.1 Å². The van der Waals surface area contributed by atoms with Crippen LogP contribution in [-0.4, -0.2) is 54.1 Å². The fraction of sp³-hybridized carbons (Fsp3) is 0.318. The summed E-state index contributed by atoms with van der Waals surface area (Å²) >= 11 is 0. The van der Waals surface area contributed by atoms with Gasteiger partial charge in [0.15, 0.2) is 6.29 Å². The Morgan fingerprint density at radius 3 is 2.13 bits per heavy atom. The van der Waals surface area contributed by atoms with Crippen LogP contribution < -0.4 is 5.32 Å². The van der Waals surface area contributed by atoms with E-state index in [0.717, 1.165) is 0 Å². The first-order chi connectivity index (χ1) is 14.4.